The quantitative estimate of drug-likeness (QED) is 0.823. The number of nitrogens with one attached hydrogen (secondary N) is 1. The number of benzene rings is 2. The molecule has 3 N–H and O–H groups in total. The zero-order valence-corrected chi connectivity index (χ0v) is 12.2. The minimum absolute atomic E-state index is 0.439. The van der Waals surface area contributed by atoms with Crippen LogP contribution in [0.4, 0.5) is 0 Å². The third-order valence-corrected chi connectivity index (χ3v) is 3.30. The molecule has 5 heteroatoms. The van der Waals surface area contributed by atoms with Crippen molar-refractivity contribution < 1.29 is 14.3 Å². The summed E-state index contributed by atoms with van der Waals surface area (Å²) in [4.78, 5) is 24.2. The van der Waals surface area contributed by atoms with Crippen LogP contribution >= 0.6 is 0 Å². The largest absolute Gasteiger partial charge is 0.467 e. The van der Waals surface area contributed by atoms with Gasteiger partial charge in [-0.25, -0.2) is 4.79 Å². The summed E-state index contributed by atoms with van der Waals surface area (Å²) in [5, 5.41) is 2.64. The van der Waals surface area contributed by atoms with E-state index in [1.807, 2.05) is 12.1 Å². The van der Waals surface area contributed by atoms with Gasteiger partial charge in [0.2, 0.25) is 5.91 Å². The molecule has 0 aliphatic heterocycles. The number of ether oxygens (including phenoxy) is 1. The Labute approximate surface area is 129 Å². The molecule has 0 bridgehead atoms. The van der Waals surface area contributed by atoms with Gasteiger partial charge in [-0.3, -0.25) is 4.79 Å². The molecule has 0 aliphatic carbocycles. The predicted molar refractivity (Wildman–Crippen MR) is 82.7 cm³/mol. The van der Waals surface area contributed by atoms with Gasteiger partial charge in [0, 0.05) is 0 Å². The van der Waals surface area contributed by atoms with Gasteiger partial charge in [0.05, 0.1) is 7.11 Å². The molecule has 2 aromatic carbocycles. The first-order valence-corrected chi connectivity index (χ1v) is 6.87. The molecule has 0 aromatic heterocycles. The molecular weight excluding hydrogens is 280 g/mol. The summed E-state index contributed by atoms with van der Waals surface area (Å²) in [5.41, 5.74) is 7.26. The number of carbonyl (C=O) groups is 2. The average Bonchev–Trinajstić information content (AvgIpc) is 2.59. The number of hydrogen-bond acceptors (Lipinski definition) is 4. The van der Waals surface area contributed by atoms with Crippen molar-refractivity contribution in [3.05, 3.63) is 71.8 Å². The van der Waals surface area contributed by atoms with E-state index in [0.29, 0.717) is 11.1 Å². The molecule has 0 saturated carbocycles. The van der Waals surface area contributed by atoms with E-state index in [1.54, 1.807) is 48.5 Å². The van der Waals surface area contributed by atoms with Crippen LogP contribution in [-0.2, 0) is 14.3 Å². The number of amides is 1. The van der Waals surface area contributed by atoms with Crippen molar-refractivity contribution in [1.29, 1.82) is 0 Å². The van der Waals surface area contributed by atoms with Gasteiger partial charge in [-0.15, -0.1) is 0 Å². The Hall–Kier alpha value is -2.66. The molecule has 2 aromatic rings. The van der Waals surface area contributed by atoms with Crippen LogP contribution in [0.5, 0.6) is 0 Å². The molecule has 2 atom stereocenters. The van der Waals surface area contributed by atoms with Crippen LogP contribution in [0, 0.1) is 0 Å². The van der Waals surface area contributed by atoms with E-state index in [2.05, 4.69) is 5.32 Å². The minimum atomic E-state index is -0.881. The SMILES string of the molecule is COC(=O)[C@@H](NC(=O)[C@H](N)c1ccccc1)c1ccccc1. The molecule has 0 aliphatic rings. The van der Waals surface area contributed by atoms with Crippen molar-refractivity contribution in [3.63, 3.8) is 0 Å². The molecule has 22 heavy (non-hydrogen) atoms. The summed E-state index contributed by atoms with van der Waals surface area (Å²) in [6.45, 7) is 0. The Morgan fingerprint density at radius 3 is 1.95 bits per heavy atom. The molecule has 0 saturated heterocycles. The molecule has 0 unspecified atom stereocenters. The van der Waals surface area contributed by atoms with Crippen LogP contribution in [-0.4, -0.2) is 19.0 Å². The van der Waals surface area contributed by atoms with Crippen LogP contribution in [0.1, 0.15) is 23.2 Å². The second-order valence-electron chi connectivity index (χ2n) is 4.76. The second kappa shape index (κ2) is 7.38. The highest BCUT2D eigenvalue weighted by Crippen LogP contribution is 2.17. The monoisotopic (exact) mass is 298 g/mol. The highest BCUT2D eigenvalue weighted by atomic mass is 16.5. The molecule has 1 amide bonds. The predicted octanol–water partition coefficient (Wildman–Crippen LogP) is 1.72. The Bertz CT molecular complexity index is 629. The van der Waals surface area contributed by atoms with Gasteiger partial charge in [-0.1, -0.05) is 60.7 Å². The summed E-state index contributed by atoms with van der Waals surface area (Å²) < 4.78 is 4.76. The van der Waals surface area contributed by atoms with E-state index in [0.717, 1.165) is 0 Å². The minimum Gasteiger partial charge on any atom is -0.467 e. The van der Waals surface area contributed by atoms with E-state index in [9.17, 15) is 9.59 Å². The second-order valence-corrected chi connectivity index (χ2v) is 4.76. The third-order valence-electron chi connectivity index (χ3n) is 3.30. The number of carbonyl (C=O) groups excluding carboxylic acids is 2. The van der Waals surface area contributed by atoms with E-state index >= 15 is 0 Å². The molecule has 0 spiro atoms. The highest BCUT2D eigenvalue weighted by Gasteiger charge is 2.26. The normalized spacial score (nSPS) is 13.0. The van der Waals surface area contributed by atoms with Crippen molar-refractivity contribution in [2.24, 2.45) is 5.73 Å². The lowest BCUT2D eigenvalue weighted by Crippen LogP contribution is -2.40. The van der Waals surface area contributed by atoms with E-state index in [4.69, 9.17) is 10.5 Å². The topological polar surface area (TPSA) is 81.4 Å². The maximum Gasteiger partial charge on any atom is 0.333 e. The number of methoxy groups -OCH3 is 1. The number of hydrogen-bond donors (Lipinski definition) is 2. The molecule has 2 rings (SSSR count). The molecule has 114 valence electrons. The molecule has 0 fully saturated rings. The number of esters is 1. The van der Waals surface area contributed by atoms with Crippen molar-refractivity contribution in [3.8, 4) is 0 Å². The zero-order chi connectivity index (χ0) is 15.9. The van der Waals surface area contributed by atoms with Gasteiger partial charge in [0.15, 0.2) is 6.04 Å². The summed E-state index contributed by atoms with van der Waals surface area (Å²) >= 11 is 0. The Morgan fingerprint density at radius 2 is 1.45 bits per heavy atom. The van der Waals surface area contributed by atoms with E-state index < -0.39 is 24.0 Å². The number of rotatable bonds is 5. The first-order valence-electron chi connectivity index (χ1n) is 6.87. The fourth-order valence-corrected chi connectivity index (χ4v) is 2.09. The summed E-state index contributed by atoms with van der Waals surface area (Å²) in [6.07, 6.45) is 0. The Kier molecular flexibility index (Phi) is 5.27. The van der Waals surface area contributed by atoms with Crippen molar-refractivity contribution in [2.45, 2.75) is 12.1 Å². The van der Waals surface area contributed by atoms with Gasteiger partial charge in [0.25, 0.3) is 0 Å². The molecule has 0 heterocycles. The van der Waals surface area contributed by atoms with E-state index in [-0.39, 0.29) is 0 Å². The fourth-order valence-electron chi connectivity index (χ4n) is 2.09. The maximum atomic E-state index is 12.3. The number of nitrogens with two attached hydrogens (primary N) is 1. The highest BCUT2D eigenvalue weighted by molar-refractivity contribution is 5.88. The van der Waals surface area contributed by atoms with Gasteiger partial charge in [0.1, 0.15) is 6.04 Å². The van der Waals surface area contributed by atoms with Crippen molar-refractivity contribution >= 4 is 11.9 Å². The van der Waals surface area contributed by atoms with Gasteiger partial charge in [-0.2, -0.15) is 0 Å². The van der Waals surface area contributed by atoms with Gasteiger partial charge < -0.3 is 15.8 Å². The Morgan fingerprint density at radius 1 is 0.955 bits per heavy atom. The first-order chi connectivity index (χ1) is 10.6. The van der Waals surface area contributed by atoms with Crippen LogP contribution in [0.15, 0.2) is 60.7 Å². The standard InChI is InChI=1S/C17H18N2O3/c1-22-17(21)15(13-10-6-3-7-11-13)19-16(20)14(18)12-8-4-2-5-9-12/h2-11,14-15H,18H2,1H3,(H,19,20)/t14-,15+/m1/s1. The fraction of sp³-hybridized carbons (Fsp3) is 0.176. The van der Waals surface area contributed by atoms with E-state index in [1.165, 1.54) is 7.11 Å². The van der Waals surface area contributed by atoms with Gasteiger partial charge in [-0.05, 0) is 11.1 Å². The third kappa shape index (κ3) is 3.71. The molecule has 5 nitrogen and oxygen atoms in total. The summed E-state index contributed by atoms with van der Waals surface area (Å²) in [5.74, 6) is -0.981. The molecular formula is C17H18N2O3. The summed E-state index contributed by atoms with van der Waals surface area (Å²) in [7, 11) is 1.28. The molecule has 0 radical (unpaired) electrons. The van der Waals surface area contributed by atoms with Crippen molar-refractivity contribution in [2.75, 3.05) is 7.11 Å². The van der Waals surface area contributed by atoms with Crippen LogP contribution < -0.4 is 11.1 Å². The lowest BCUT2D eigenvalue weighted by atomic mass is 10.0. The van der Waals surface area contributed by atoms with Gasteiger partial charge >= 0.3 is 5.97 Å². The zero-order valence-electron chi connectivity index (χ0n) is 12.2. The van der Waals surface area contributed by atoms with Crippen LogP contribution in [0.3, 0.4) is 0 Å². The van der Waals surface area contributed by atoms with Crippen LogP contribution in [0.25, 0.3) is 0 Å². The summed E-state index contributed by atoms with van der Waals surface area (Å²) in [6, 6.07) is 16.1. The average molecular weight is 298 g/mol. The van der Waals surface area contributed by atoms with Crippen molar-refractivity contribution in [1.82, 2.24) is 5.32 Å². The van der Waals surface area contributed by atoms with Crippen LogP contribution in [0.2, 0.25) is 0 Å². The smallest absolute Gasteiger partial charge is 0.333 e. The first kappa shape index (κ1) is 15.7. The lowest BCUT2D eigenvalue weighted by Gasteiger charge is -2.19. The Balaban J connectivity index is 2.17. The lowest BCUT2D eigenvalue weighted by molar-refractivity contribution is -0.145. The maximum absolute atomic E-state index is 12.3.